The molecule has 0 radical (unpaired) electrons. The highest BCUT2D eigenvalue weighted by atomic mass is 16.5. The third-order valence-electron chi connectivity index (χ3n) is 5.63. The Balaban J connectivity index is 1.92. The molecule has 1 aliphatic carbocycles. The Kier molecular flexibility index (Phi) is 4.88. The van der Waals surface area contributed by atoms with Gasteiger partial charge in [-0.1, -0.05) is 18.9 Å². The summed E-state index contributed by atoms with van der Waals surface area (Å²) in [7, 11) is 3.17. The minimum atomic E-state index is -0.818. The molecule has 0 aromatic heterocycles. The Hall–Kier alpha value is -2.24. The summed E-state index contributed by atoms with van der Waals surface area (Å²) in [5, 5.41) is 9.22. The van der Waals surface area contributed by atoms with E-state index in [0.29, 0.717) is 31.0 Å². The molecule has 2 fully saturated rings. The van der Waals surface area contributed by atoms with E-state index in [1.807, 2.05) is 18.2 Å². The molecule has 3 rings (SSSR count). The van der Waals surface area contributed by atoms with Crippen LogP contribution in [0.5, 0.6) is 11.5 Å². The van der Waals surface area contributed by atoms with Crippen LogP contribution >= 0.6 is 0 Å². The minimum absolute atomic E-state index is 0.0565. The number of nitrogens with zero attached hydrogens (tertiary/aromatic N) is 1. The third-order valence-corrected chi connectivity index (χ3v) is 5.63. The van der Waals surface area contributed by atoms with Crippen molar-refractivity contribution >= 4 is 11.9 Å². The van der Waals surface area contributed by atoms with Crippen molar-refractivity contribution in [1.82, 2.24) is 4.90 Å². The van der Waals surface area contributed by atoms with Crippen molar-refractivity contribution in [2.24, 2.45) is 5.92 Å². The van der Waals surface area contributed by atoms with E-state index in [-0.39, 0.29) is 5.91 Å². The van der Waals surface area contributed by atoms with Crippen molar-refractivity contribution in [3.63, 3.8) is 0 Å². The normalized spacial score (nSPS) is 22.0. The molecule has 1 amide bonds. The van der Waals surface area contributed by atoms with Gasteiger partial charge in [-0.3, -0.25) is 9.59 Å². The zero-order valence-electron chi connectivity index (χ0n) is 14.8. The summed E-state index contributed by atoms with van der Waals surface area (Å²) in [5.74, 6) is 0.0403. The molecule has 0 spiro atoms. The Morgan fingerprint density at radius 2 is 1.84 bits per heavy atom. The topological polar surface area (TPSA) is 76.1 Å². The molecule has 6 nitrogen and oxygen atoms in total. The van der Waals surface area contributed by atoms with Crippen molar-refractivity contribution in [1.29, 1.82) is 0 Å². The first kappa shape index (κ1) is 17.6. The molecule has 1 aromatic carbocycles. The van der Waals surface area contributed by atoms with Gasteiger partial charge in [-0.15, -0.1) is 0 Å². The highest BCUT2D eigenvalue weighted by Crippen LogP contribution is 2.45. The van der Waals surface area contributed by atoms with Gasteiger partial charge in [0.15, 0.2) is 11.5 Å². The number of likely N-dealkylation sites (tertiary alicyclic amines) is 1. The molecule has 1 aromatic rings. The fourth-order valence-electron chi connectivity index (χ4n) is 4.19. The molecule has 1 aliphatic heterocycles. The molecule has 1 atom stereocenters. The lowest BCUT2D eigenvalue weighted by Gasteiger charge is -2.33. The van der Waals surface area contributed by atoms with E-state index >= 15 is 0 Å². The number of hydrogen-bond acceptors (Lipinski definition) is 4. The van der Waals surface area contributed by atoms with E-state index in [4.69, 9.17) is 9.47 Å². The van der Waals surface area contributed by atoms with Gasteiger partial charge in [-0.25, -0.2) is 0 Å². The lowest BCUT2D eigenvalue weighted by Crippen LogP contribution is -2.44. The predicted octanol–water partition coefficient (Wildman–Crippen LogP) is 2.45. The number of rotatable bonds is 5. The van der Waals surface area contributed by atoms with Gasteiger partial charge < -0.3 is 19.5 Å². The number of carboxylic acids is 1. The van der Waals surface area contributed by atoms with Gasteiger partial charge in [0, 0.05) is 13.1 Å². The van der Waals surface area contributed by atoms with Crippen molar-refractivity contribution in [3.8, 4) is 11.5 Å². The number of aliphatic carboxylic acids is 1. The molecule has 1 saturated heterocycles. The van der Waals surface area contributed by atoms with E-state index in [1.54, 1.807) is 19.1 Å². The summed E-state index contributed by atoms with van der Waals surface area (Å²) in [6.07, 6.45) is 4.10. The Labute approximate surface area is 147 Å². The highest BCUT2D eigenvalue weighted by Gasteiger charge is 2.47. The average Bonchev–Trinajstić information content (AvgIpc) is 3.30. The van der Waals surface area contributed by atoms with Gasteiger partial charge in [0.2, 0.25) is 5.91 Å². The first-order chi connectivity index (χ1) is 12.0. The number of amides is 1. The maximum Gasteiger partial charge on any atom is 0.308 e. The summed E-state index contributed by atoms with van der Waals surface area (Å²) < 4.78 is 10.7. The number of hydrogen-bond donors (Lipinski definition) is 1. The van der Waals surface area contributed by atoms with Crippen molar-refractivity contribution in [2.75, 3.05) is 27.3 Å². The van der Waals surface area contributed by atoms with Crippen LogP contribution in [-0.4, -0.2) is 49.2 Å². The van der Waals surface area contributed by atoms with Crippen LogP contribution in [0.2, 0.25) is 0 Å². The molecular formula is C19H25NO5. The maximum atomic E-state index is 13.4. The molecule has 25 heavy (non-hydrogen) atoms. The standard InChI is InChI=1S/C19H25NO5/c1-24-15-6-5-14(11-16(15)25-2)19(8-3-4-9-19)18(23)20-10-7-13(12-20)17(21)22/h5-6,11,13H,3-4,7-10,12H2,1-2H3,(H,21,22). The Morgan fingerprint density at radius 1 is 1.16 bits per heavy atom. The van der Waals surface area contributed by atoms with E-state index < -0.39 is 17.3 Å². The molecule has 1 heterocycles. The van der Waals surface area contributed by atoms with Crippen LogP contribution in [0, 0.1) is 5.92 Å². The second kappa shape index (κ2) is 6.94. The van der Waals surface area contributed by atoms with Crippen LogP contribution in [-0.2, 0) is 15.0 Å². The fraction of sp³-hybridized carbons (Fsp3) is 0.579. The number of benzene rings is 1. The number of carbonyl (C=O) groups is 2. The Bertz CT molecular complexity index is 666. The lowest BCUT2D eigenvalue weighted by molar-refractivity contribution is -0.142. The van der Waals surface area contributed by atoms with Crippen LogP contribution in [0.15, 0.2) is 18.2 Å². The zero-order valence-corrected chi connectivity index (χ0v) is 14.8. The molecular weight excluding hydrogens is 322 g/mol. The number of methoxy groups -OCH3 is 2. The quantitative estimate of drug-likeness (QED) is 0.885. The second-order valence-electron chi connectivity index (χ2n) is 6.93. The number of ether oxygens (including phenoxy) is 2. The average molecular weight is 347 g/mol. The molecule has 1 N–H and O–H groups in total. The van der Waals surface area contributed by atoms with Crippen molar-refractivity contribution < 1.29 is 24.2 Å². The largest absolute Gasteiger partial charge is 0.493 e. The number of carboxylic acid groups (broad SMARTS) is 1. The first-order valence-electron chi connectivity index (χ1n) is 8.76. The van der Waals surface area contributed by atoms with Gasteiger partial charge >= 0.3 is 5.97 Å². The predicted molar refractivity (Wildman–Crippen MR) is 92.0 cm³/mol. The van der Waals surface area contributed by atoms with E-state index in [0.717, 1.165) is 31.2 Å². The van der Waals surface area contributed by atoms with Crippen molar-refractivity contribution in [3.05, 3.63) is 23.8 Å². The van der Waals surface area contributed by atoms with Gasteiger partial charge in [-0.2, -0.15) is 0 Å². The smallest absolute Gasteiger partial charge is 0.308 e. The van der Waals surface area contributed by atoms with Crippen LogP contribution in [0.4, 0.5) is 0 Å². The second-order valence-corrected chi connectivity index (χ2v) is 6.93. The van der Waals surface area contributed by atoms with Gasteiger partial charge in [0.1, 0.15) is 0 Å². The molecule has 6 heteroatoms. The summed E-state index contributed by atoms with van der Waals surface area (Å²) >= 11 is 0. The van der Waals surface area contributed by atoms with Crippen molar-refractivity contribution in [2.45, 2.75) is 37.5 Å². The third kappa shape index (κ3) is 3.05. The molecule has 1 unspecified atom stereocenters. The summed E-state index contributed by atoms with van der Waals surface area (Å²) in [6, 6.07) is 5.67. The molecule has 0 bridgehead atoms. The van der Waals surface area contributed by atoms with Gasteiger partial charge in [0.05, 0.1) is 25.6 Å². The summed E-state index contributed by atoms with van der Waals surface area (Å²) in [5.41, 5.74) is 0.360. The van der Waals surface area contributed by atoms with Crippen LogP contribution in [0.1, 0.15) is 37.7 Å². The van der Waals surface area contributed by atoms with Gasteiger partial charge in [-0.05, 0) is 37.0 Å². The lowest BCUT2D eigenvalue weighted by atomic mass is 9.77. The number of carbonyl (C=O) groups excluding carboxylic acids is 1. The SMILES string of the molecule is COc1ccc(C2(C(=O)N3CCC(C(=O)O)C3)CCCC2)cc1OC. The van der Waals surface area contributed by atoms with E-state index in [1.165, 1.54) is 0 Å². The molecule has 136 valence electrons. The first-order valence-corrected chi connectivity index (χ1v) is 8.76. The monoisotopic (exact) mass is 347 g/mol. The highest BCUT2D eigenvalue weighted by molar-refractivity contribution is 5.89. The minimum Gasteiger partial charge on any atom is -0.493 e. The Morgan fingerprint density at radius 3 is 2.40 bits per heavy atom. The fourth-order valence-corrected chi connectivity index (χ4v) is 4.19. The molecule has 1 saturated carbocycles. The van der Waals surface area contributed by atoms with Crippen LogP contribution in [0.3, 0.4) is 0 Å². The van der Waals surface area contributed by atoms with Gasteiger partial charge in [0.25, 0.3) is 0 Å². The molecule has 2 aliphatic rings. The zero-order chi connectivity index (χ0) is 18.0. The van der Waals surface area contributed by atoms with E-state index in [9.17, 15) is 14.7 Å². The summed E-state index contributed by atoms with van der Waals surface area (Å²) in [4.78, 5) is 26.3. The summed E-state index contributed by atoms with van der Waals surface area (Å²) in [6.45, 7) is 0.827. The van der Waals surface area contributed by atoms with E-state index in [2.05, 4.69) is 0 Å². The maximum absolute atomic E-state index is 13.4. The van der Waals surface area contributed by atoms with Crippen LogP contribution < -0.4 is 9.47 Å². The van der Waals surface area contributed by atoms with Crippen LogP contribution in [0.25, 0.3) is 0 Å².